The predicted molar refractivity (Wildman–Crippen MR) is 112 cm³/mol. The van der Waals surface area contributed by atoms with Gasteiger partial charge >= 0.3 is 12.0 Å². The average Bonchev–Trinajstić information content (AvgIpc) is 2.89. The normalized spacial score (nSPS) is 14.9. The zero-order valence-corrected chi connectivity index (χ0v) is 17.6. The van der Waals surface area contributed by atoms with Crippen molar-refractivity contribution < 1.29 is 23.1 Å². The van der Waals surface area contributed by atoms with Crippen LogP contribution in [-0.4, -0.2) is 43.5 Å². The lowest BCUT2D eigenvalue weighted by Crippen LogP contribution is -2.35. The molecule has 3 N–H and O–H groups in total. The van der Waals surface area contributed by atoms with Crippen LogP contribution in [0.3, 0.4) is 0 Å². The number of carbonyl (C=O) groups excluding carboxylic acids is 1. The smallest absolute Gasteiger partial charge is 0.346 e. The predicted octanol–water partition coefficient (Wildman–Crippen LogP) is 3.96. The summed E-state index contributed by atoms with van der Waals surface area (Å²) in [7, 11) is -3.90. The number of aromatic carboxylic acids is 1. The molecule has 0 aliphatic carbocycles. The van der Waals surface area contributed by atoms with Crippen molar-refractivity contribution in [3.63, 3.8) is 0 Å². The van der Waals surface area contributed by atoms with Crippen LogP contribution in [0.15, 0.2) is 34.5 Å². The number of carboxylic acid groups (broad SMARTS) is 1. The second-order valence-corrected chi connectivity index (χ2v) is 9.86. The number of aryl methyl sites for hydroxylation is 1. The fraction of sp³-hybridized carbons (Fsp3) is 0.368. The van der Waals surface area contributed by atoms with Crippen molar-refractivity contribution in [2.24, 2.45) is 0 Å². The minimum absolute atomic E-state index is 0.00283. The topological polar surface area (TPSA) is 116 Å². The minimum Gasteiger partial charge on any atom is -0.477 e. The third-order valence-corrected chi connectivity index (χ3v) is 7.72. The molecule has 1 fully saturated rings. The Labute approximate surface area is 173 Å². The van der Waals surface area contributed by atoms with Gasteiger partial charge in [0.05, 0.1) is 0 Å². The van der Waals surface area contributed by atoms with Crippen LogP contribution in [0.25, 0.3) is 0 Å². The number of urea groups is 1. The van der Waals surface area contributed by atoms with Gasteiger partial charge in [-0.15, -0.1) is 11.3 Å². The van der Waals surface area contributed by atoms with Crippen LogP contribution in [0.2, 0.25) is 0 Å². The van der Waals surface area contributed by atoms with E-state index in [1.54, 1.807) is 36.1 Å². The van der Waals surface area contributed by atoms with E-state index in [9.17, 15) is 18.0 Å². The fourth-order valence-electron chi connectivity index (χ4n) is 3.10. The molecule has 1 saturated heterocycles. The molecular weight excluding hydrogens is 414 g/mol. The van der Waals surface area contributed by atoms with E-state index in [1.807, 2.05) is 0 Å². The Morgan fingerprint density at radius 1 is 1.03 bits per heavy atom. The first kappa shape index (κ1) is 21.1. The molecule has 1 aromatic carbocycles. The van der Waals surface area contributed by atoms with Gasteiger partial charge < -0.3 is 15.3 Å². The van der Waals surface area contributed by atoms with Crippen molar-refractivity contribution >= 4 is 44.7 Å². The monoisotopic (exact) mass is 437 g/mol. The summed E-state index contributed by atoms with van der Waals surface area (Å²) in [6, 6.07) is 7.52. The standard InChI is InChI=1S/C19H23N3O5S2/c1-13-12-16(28-17(13)18(23)24)29(26,27)21-15-8-6-14(7-9-15)20-19(25)22-10-4-2-3-5-11-22/h6-9,12,21H,2-5,10-11H2,1H3,(H,20,25)(H,23,24). The number of rotatable bonds is 5. The molecular formula is C19H23N3O5S2. The van der Waals surface area contributed by atoms with Crippen LogP contribution in [-0.2, 0) is 10.0 Å². The number of amides is 2. The molecule has 0 bridgehead atoms. The molecule has 1 aromatic heterocycles. The zero-order chi connectivity index (χ0) is 21.0. The van der Waals surface area contributed by atoms with Crippen molar-refractivity contribution in [3.8, 4) is 0 Å². The van der Waals surface area contributed by atoms with E-state index in [1.165, 1.54) is 6.07 Å². The number of anilines is 2. The summed E-state index contributed by atoms with van der Waals surface area (Å²) < 4.78 is 27.4. The molecule has 2 amide bonds. The van der Waals surface area contributed by atoms with E-state index in [0.717, 1.165) is 38.8 Å². The summed E-state index contributed by atoms with van der Waals surface area (Å²) in [5.74, 6) is -1.15. The summed E-state index contributed by atoms with van der Waals surface area (Å²) in [5, 5.41) is 11.9. The highest BCUT2D eigenvalue weighted by Crippen LogP contribution is 2.28. The number of carbonyl (C=O) groups is 2. The van der Waals surface area contributed by atoms with Crippen molar-refractivity contribution in [2.45, 2.75) is 36.8 Å². The SMILES string of the molecule is Cc1cc(S(=O)(=O)Nc2ccc(NC(=O)N3CCCCCC3)cc2)sc1C(=O)O. The molecule has 2 heterocycles. The molecule has 0 atom stereocenters. The Morgan fingerprint density at radius 3 is 2.17 bits per heavy atom. The molecule has 3 rings (SSSR count). The zero-order valence-electron chi connectivity index (χ0n) is 16.0. The van der Waals surface area contributed by atoms with Gasteiger partial charge in [0.25, 0.3) is 10.0 Å². The van der Waals surface area contributed by atoms with Crippen LogP contribution in [0.5, 0.6) is 0 Å². The number of thiophene rings is 1. The number of benzene rings is 1. The third kappa shape index (κ3) is 5.27. The Bertz CT molecular complexity index is 991. The van der Waals surface area contributed by atoms with Gasteiger partial charge in [0.15, 0.2) is 0 Å². The van der Waals surface area contributed by atoms with Gasteiger partial charge in [-0.1, -0.05) is 12.8 Å². The summed E-state index contributed by atoms with van der Waals surface area (Å²) in [5.41, 5.74) is 1.29. The van der Waals surface area contributed by atoms with E-state index in [0.29, 0.717) is 28.3 Å². The second-order valence-electron chi connectivity index (χ2n) is 6.90. The number of hydrogen-bond donors (Lipinski definition) is 3. The maximum absolute atomic E-state index is 12.5. The highest BCUT2D eigenvalue weighted by atomic mass is 32.2. The molecule has 1 aliphatic heterocycles. The Kier molecular flexibility index (Phi) is 6.43. The number of hydrogen-bond acceptors (Lipinski definition) is 5. The maximum atomic E-state index is 12.5. The third-order valence-electron chi connectivity index (χ3n) is 4.64. The molecule has 2 aromatic rings. The van der Waals surface area contributed by atoms with Gasteiger partial charge in [0.1, 0.15) is 9.09 Å². The van der Waals surface area contributed by atoms with Crippen molar-refractivity contribution in [1.82, 2.24) is 4.90 Å². The van der Waals surface area contributed by atoms with E-state index in [-0.39, 0.29) is 15.1 Å². The summed E-state index contributed by atoms with van der Waals surface area (Å²) in [4.78, 5) is 25.3. The lowest BCUT2D eigenvalue weighted by molar-refractivity contribution is 0.0701. The van der Waals surface area contributed by atoms with Crippen LogP contribution in [0, 0.1) is 6.92 Å². The van der Waals surface area contributed by atoms with Gasteiger partial charge in [-0.05, 0) is 55.7 Å². The molecule has 0 saturated carbocycles. The van der Waals surface area contributed by atoms with E-state index in [2.05, 4.69) is 10.0 Å². The number of sulfonamides is 1. The Morgan fingerprint density at radius 2 is 1.62 bits per heavy atom. The van der Waals surface area contributed by atoms with E-state index in [4.69, 9.17) is 5.11 Å². The van der Waals surface area contributed by atoms with Gasteiger partial charge in [0, 0.05) is 24.5 Å². The van der Waals surface area contributed by atoms with Crippen LogP contribution >= 0.6 is 11.3 Å². The van der Waals surface area contributed by atoms with Crippen molar-refractivity contribution in [2.75, 3.05) is 23.1 Å². The number of carboxylic acids is 1. The minimum atomic E-state index is -3.90. The lowest BCUT2D eigenvalue weighted by Gasteiger charge is -2.20. The molecule has 8 nitrogen and oxygen atoms in total. The van der Waals surface area contributed by atoms with Crippen LogP contribution < -0.4 is 10.0 Å². The maximum Gasteiger partial charge on any atom is 0.346 e. The molecule has 0 unspecified atom stereocenters. The van der Waals surface area contributed by atoms with Crippen molar-refractivity contribution in [3.05, 3.63) is 40.8 Å². The molecule has 29 heavy (non-hydrogen) atoms. The first-order chi connectivity index (χ1) is 13.8. The summed E-state index contributed by atoms with van der Waals surface area (Å²) in [6.45, 7) is 3.03. The first-order valence-electron chi connectivity index (χ1n) is 9.29. The van der Waals surface area contributed by atoms with E-state index < -0.39 is 16.0 Å². The summed E-state index contributed by atoms with van der Waals surface area (Å²) >= 11 is 0.710. The highest BCUT2D eigenvalue weighted by Gasteiger charge is 2.22. The second kappa shape index (κ2) is 8.83. The fourth-order valence-corrected chi connectivity index (χ4v) is 5.54. The van der Waals surface area contributed by atoms with Gasteiger partial charge in [-0.3, -0.25) is 4.72 Å². The highest BCUT2D eigenvalue weighted by molar-refractivity contribution is 7.94. The van der Waals surface area contributed by atoms with Crippen molar-refractivity contribution in [1.29, 1.82) is 0 Å². The first-order valence-corrected chi connectivity index (χ1v) is 11.6. The van der Waals surface area contributed by atoms with Gasteiger partial charge in [-0.25, -0.2) is 18.0 Å². The molecule has 0 spiro atoms. The Hall–Kier alpha value is -2.59. The van der Waals surface area contributed by atoms with Gasteiger partial charge in [-0.2, -0.15) is 0 Å². The summed E-state index contributed by atoms with van der Waals surface area (Å²) in [6.07, 6.45) is 4.27. The van der Waals surface area contributed by atoms with E-state index >= 15 is 0 Å². The molecule has 1 aliphatic rings. The largest absolute Gasteiger partial charge is 0.477 e. The number of nitrogens with zero attached hydrogens (tertiary/aromatic N) is 1. The lowest BCUT2D eigenvalue weighted by atomic mass is 10.2. The number of likely N-dealkylation sites (tertiary alicyclic amines) is 1. The quantitative estimate of drug-likeness (QED) is 0.655. The number of nitrogens with one attached hydrogen (secondary N) is 2. The van der Waals surface area contributed by atoms with Crippen LogP contribution in [0.4, 0.5) is 16.2 Å². The van der Waals surface area contributed by atoms with Gasteiger partial charge in [0.2, 0.25) is 0 Å². The molecule has 156 valence electrons. The average molecular weight is 438 g/mol. The Balaban J connectivity index is 1.66. The molecule has 0 radical (unpaired) electrons. The molecule has 10 heteroatoms. The van der Waals surface area contributed by atoms with Crippen LogP contribution in [0.1, 0.15) is 40.9 Å².